The Balaban J connectivity index is 0. The van der Waals surface area contributed by atoms with Crippen molar-refractivity contribution in [2.24, 2.45) is 12.0 Å². The topological polar surface area (TPSA) is 178 Å². The van der Waals surface area contributed by atoms with Crippen LogP contribution in [0.5, 0.6) is 5.75 Å². The predicted octanol–water partition coefficient (Wildman–Crippen LogP) is 1.53. The van der Waals surface area contributed by atoms with Gasteiger partial charge in [-0.15, -0.1) is 0 Å². The first kappa shape index (κ1) is 34.7. The van der Waals surface area contributed by atoms with E-state index in [2.05, 4.69) is 24.9 Å². The van der Waals surface area contributed by atoms with Gasteiger partial charge in [0.25, 0.3) is 0 Å². The second-order valence-electron chi connectivity index (χ2n) is 6.32. The molecule has 0 aliphatic rings. The van der Waals surface area contributed by atoms with E-state index in [0.29, 0.717) is 0 Å². The quantitative estimate of drug-likeness (QED) is 0.184. The summed E-state index contributed by atoms with van der Waals surface area (Å²) in [6.45, 7) is 0. The molecule has 5 rings (SSSR count). The van der Waals surface area contributed by atoms with Crippen LogP contribution in [-0.4, -0.2) is 41.4 Å². The molecule has 0 saturated heterocycles. The number of nitrogens with zero attached hydrogens (tertiary/aromatic N) is 6. The zero-order chi connectivity index (χ0) is 24.3. The first-order valence-electron chi connectivity index (χ1n) is 10.2. The molecule has 4 heterocycles. The van der Waals surface area contributed by atoms with Crippen molar-refractivity contribution in [3.8, 4) is 5.75 Å². The van der Waals surface area contributed by atoms with Crippen LogP contribution >= 0.6 is 0 Å². The summed E-state index contributed by atoms with van der Waals surface area (Å²) in [5.41, 5.74) is 0.135. The van der Waals surface area contributed by atoms with Crippen LogP contribution < -0.4 is 10.2 Å². The average Bonchev–Trinajstić information content (AvgIpc) is 3.36. The fourth-order valence-corrected chi connectivity index (χ4v) is 2.22. The zero-order valence-corrected chi connectivity index (χ0v) is 20.9. The molecule has 5 aromatic rings. The number of aryl methyl sites for hydroxylation is 1. The van der Waals surface area contributed by atoms with Crippen LogP contribution in [0.2, 0.25) is 0 Å². The number of pyridine rings is 3. The van der Waals surface area contributed by atoms with Gasteiger partial charge in [0, 0.05) is 62.5 Å². The first-order valence-corrected chi connectivity index (χ1v) is 10.2. The van der Waals surface area contributed by atoms with Gasteiger partial charge < -0.3 is 25.7 Å². The minimum Gasteiger partial charge on any atom is -0.871 e. The van der Waals surface area contributed by atoms with Gasteiger partial charge in [0.2, 0.25) is 0 Å². The third kappa shape index (κ3) is 15.2. The Hall–Kier alpha value is -4.44. The molecule has 37 heavy (non-hydrogen) atoms. The summed E-state index contributed by atoms with van der Waals surface area (Å²) in [6, 6.07) is 23.3. The Morgan fingerprint density at radius 1 is 0.676 bits per heavy atom. The number of imidazole rings is 1. The monoisotopic (exact) mass is 546 g/mol. The van der Waals surface area contributed by atoms with Crippen molar-refractivity contribution < 1.29 is 37.7 Å². The number of hydrogen-bond acceptors (Lipinski definition) is 7. The molecular weight excluding hydrogens is 519 g/mol. The molecular formula is C26H28N6NiO4. The summed E-state index contributed by atoms with van der Waals surface area (Å²) < 4.78 is 1.55. The van der Waals surface area contributed by atoms with E-state index in [1.54, 1.807) is 67.1 Å². The fourth-order valence-electron chi connectivity index (χ4n) is 2.22. The molecule has 0 bridgehead atoms. The molecule has 196 valence electrons. The minimum atomic E-state index is -0.518. The van der Waals surface area contributed by atoms with Crippen molar-refractivity contribution in [1.82, 2.24) is 24.5 Å². The second kappa shape index (κ2) is 22.1. The molecule has 0 amide bonds. The van der Waals surface area contributed by atoms with Crippen LogP contribution in [0.15, 0.2) is 133 Å². The maximum atomic E-state index is 11.7. The maximum absolute atomic E-state index is 11.7. The number of para-hydroxylation sites is 2. The van der Waals surface area contributed by atoms with Crippen molar-refractivity contribution >= 4 is 11.6 Å². The van der Waals surface area contributed by atoms with E-state index in [-0.39, 0.29) is 44.7 Å². The van der Waals surface area contributed by atoms with Crippen LogP contribution in [0.4, 0.5) is 5.69 Å². The van der Waals surface area contributed by atoms with Crippen LogP contribution in [0.25, 0.3) is 0 Å². The van der Waals surface area contributed by atoms with Gasteiger partial charge in [0.05, 0.1) is 5.69 Å². The van der Waals surface area contributed by atoms with Crippen molar-refractivity contribution in [1.29, 1.82) is 0 Å². The Labute approximate surface area is 225 Å². The van der Waals surface area contributed by atoms with Gasteiger partial charge >= 0.3 is 16.5 Å². The fraction of sp³-hybridized carbons (Fsp3) is 0.0385. The standard InChI is InChI=1S/C11H11N3O2.3C5H5N.Ni.2H2O/c1-14-7-6-12-10(14)11(16)13-8-4-2-3-5-9(8)15;3*1-2-4-6-5-3-1;;;/h2-7,15H,1H3,(H,13,16);3*1-5H;;2*1H2/q;;;;+2;;/p-2. The molecule has 0 saturated carbocycles. The zero-order valence-electron chi connectivity index (χ0n) is 19.9. The van der Waals surface area contributed by atoms with Gasteiger partial charge in [0.15, 0.2) is 0 Å². The summed E-state index contributed by atoms with van der Waals surface area (Å²) in [5, 5.41) is 23.0. The van der Waals surface area contributed by atoms with Crippen molar-refractivity contribution in [3.05, 3.63) is 134 Å². The van der Waals surface area contributed by atoms with Crippen molar-refractivity contribution in [3.63, 3.8) is 0 Å². The predicted molar refractivity (Wildman–Crippen MR) is 135 cm³/mol. The van der Waals surface area contributed by atoms with Gasteiger partial charge in [-0.1, -0.05) is 42.1 Å². The number of rotatable bonds is 2. The van der Waals surface area contributed by atoms with Crippen LogP contribution in [-0.2, 0) is 23.5 Å². The summed E-state index contributed by atoms with van der Waals surface area (Å²) in [6.07, 6.45) is 13.7. The van der Waals surface area contributed by atoms with E-state index >= 15 is 0 Å². The first-order chi connectivity index (χ1) is 16.7. The van der Waals surface area contributed by atoms with Crippen LogP contribution in [0, 0.1) is 0 Å². The smallest absolute Gasteiger partial charge is 0.871 e. The number of benzene rings is 1. The number of hydrogen-bond donors (Lipinski definition) is 0. The molecule has 0 radical (unpaired) electrons. The van der Waals surface area contributed by atoms with Gasteiger partial charge in [-0.25, -0.2) is 4.98 Å². The summed E-state index contributed by atoms with van der Waals surface area (Å²) >= 11 is 0. The van der Waals surface area contributed by atoms with Gasteiger partial charge in [-0.2, -0.15) is 0 Å². The molecule has 4 N–H and O–H groups in total. The van der Waals surface area contributed by atoms with E-state index in [1.165, 1.54) is 18.3 Å². The third-order valence-corrected chi connectivity index (χ3v) is 3.80. The molecule has 0 aliphatic carbocycles. The summed E-state index contributed by atoms with van der Waals surface area (Å²) in [5.74, 6) is -0.580. The van der Waals surface area contributed by atoms with Gasteiger partial charge in [0.1, 0.15) is 5.82 Å². The normalized spacial score (nSPS) is 8.95. The molecule has 0 unspecified atom stereocenters. The van der Waals surface area contributed by atoms with Gasteiger partial charge in [-0.3, -0.25) is 19.9 Å². The Morgan fingerprint density at radius 3 is 1.41 bits per heavy atom. The SMILES string of the molecule is Cn1ccnc1C([O-])=Nc1ccccc1[O-].O.O.[Ni+2].c1ccncc1.c1ccncc1.c1ccncc1. The van der Waals surface area contributed by atoms with Crippen LogP contribution in [0.1, 0.15) is 5.82 Å². The van der Waals surface area contributed by atoms with E-state index in [9.17, 15) is 10.2 Å². The molecule has 0 fully saturated rings. The Morgan fingerprint density at radius 2 is 1.11 bits per heavy atom. The average molecular weight is 547 g/mol. The number of aromatic nitrogens is 5. The van der Waals surface area contributed by atoms with Crippen molar-refractivity contribution in [2.75, 3.05) is 0 Å². The molecule has 4 aromatic heterocycles. The third-order valence-electron chi connectivity index (χ3n) is 3.80. The van der Waals surface area contributed by atoms with E-state index < -0.39 is 5.90 Å². The Bertz CT molecular complexity index is 1040. The molecule has 1 aromatic carbocycles. The largest absolute Gasteiger partial charge is 2.00 e. The summed E-state index contributed by atoms with van der Waals surface area (Å²) in [7, 11) is 1.69. The van der Waals surface area contributed by atoms with Crippen LogP contribution in [0.3, 0.4) is 0 Å². The Kier molecular flexibility index (Phi) is 20.7. The maximum Gasteiger partial charge on any atom is 2.00 e. The molecule has 0 atom stereocenters. The molecule has 10 nitrogen and oxygen atoms in total. The second-order valence-corrected chi connectivity index (χ2v) is 6.32. The summed E-state index contributed by atoms with van der Waals surface area (Å²) in [4.78, 5) is 18.9. The van der Waals surface area contributed by atoms with E-state index in [0.717, 1.165) is 0 Å². The van der Waals surface area contributed by atoms with Gasteiger partial charge in [-0.05, 0) is 42.5 Å². The van der Waals surface area contributed by atoms with Crippen molar-refractivity contribution in [2.45, 2.75) is 0 Å². The minimum absolute atomic E-state index is 0. The van der Waals surface area contributed by atoms with E-state index in [4.69, 9.17) is 0 Å². The molecule has 0 spiro atoms. The molecule has 0 aliphatic heterocycles. The van der Waals surface area contributed by atoms with E-state index in [1.807, 2.05) is 54.6 Å². The molecule has 11 heteroatoms. The number of aliphatic imine (C=N–C) groups is 1.